The van der Waals surface area contributed by atoms with Crippen molar-refractivity contribution in [1.29, 1.82) is 0 Å². The fraction of sp³-hybridized carbons (Fsp3) is 0.250. The van der Waals surface area contributed by atoms with Crippen LogP contribution in [0.2, 0.25) is 0 Å². The Balaban J connectivity index is 1.70. The van der Waals surface area contributed by atoms with E-state index in [2.05, 4.69) is 25.0 Å². The first kappa shape index (κ1) is 14.6. The smallest absolute Gasteiger partial charge is 0.280 e. The number of morpholine rings is 1. The van der Waals surface area contributed by atoms with Crippen LogP contribution in [-0.2, 0) is 4.74 Å². The van der Waals surface area contributed by atoms with Gasteiger partial charge in [-0.05, 0) is 6.07 Å². The van der Waals surface area contributed by atoms with E-state index in [1.807, 2.05) is 6.07 Å². The summed E-state index contributed by atoms with van der Waals surface area (Å²) in [5.74, 6) is 1.29. The van der Waals surface area contributed by atoms with Crippen LogP contribution in [0.3, 0.4) is 0 Å². The van der Waals surface area contributed by atoms with Gasteiger partial charge in [0.25, 0.3) is 5.56 Å². The van der Waals surface area contributed by atoms with Gasteiger partial charge in [-0.3, -0.25) is 14.9 Å². The molecule has 122 valence electrons. The van der Waals surface area contributed by atoms with Crippen LogP contribution in [0.4, 0.5) is 5.82 Å². The van der Waals surface area contributed by atoms with Crippen LogP contribution in [-0.4, -0.2) is 51.0 Å². The third kappa shape index (κ3) is 2.67. The highest BCUT2D eigenvalue weighted by molar-refractivity contribution is 5.60. The molecule has 4 rings (SSSR count). The van der Waals surface area contributed by atoms with Crippen LogP contribution in [0.25, 0.3) is 16.9 Å². The van der Waals surface area contributed by atoms with Crippen molar-refractivity contribution in [3.8, 4) is 16.9 Å². The molecule has 0 amide bonds. The summed E-state index contributed by atoms with van der Waals surface area (Å²) in [5, 5.41) is 2.96. The predicted octanol–water partition coefficient (Wildman–Crippen LogP) is 0.854. The molecule has 24 heavy (non-hydrogen) atoms. The summed E-state index contributed by atoms with van der Waals surface area (Å²) in [6.45, 7) is 2.90. The van der Waals surface area contributed by atoms with Gasteiger partial charge in [0.05, 0.1) is 18.8 Å². The maximum Gasteiger partial charge on any atom is 0.280 e. The van der Waals surface area contributed by atoms with Crippen molar-refractivity contribution in [2.45, 2.75) is 0 Å². The van der Waals surface area contributed by atoms with Gasteiger partial charge < -0.3 is 9.64 Å². The maximum atomic E-state index is 12.7. The Hall–Kier alpha value is -3.00. The fourth-order valence-corrected chi connectivity index (χ4v) is 2.69. The number of nitrogens with one attached hydrogen (secondary N) is 1. The second-order valence-electron chi connectivity index (χ2n) is 5.40. The molecule has 1 fully saturated rings. The van der Waals surface area contributed by atoms with Crippen LogP contribution in [0.15, 0.2) is 47.9 Å². The molecule has 3 aromatic rings. The summed E-state index contributed by atoms with van der Waals surface area (Å²) in [6.07, 6.45) is 6.47. The highest BCUT2D eigenvalue weighted by Crippen LogP contribution is 2.16. The van der Waals surface area contributed by atoms with Gasteiger partial charge in [-0.15, -0.1) is 0 Å². The Labute approximate surface area is 137 Å². The van der Waals surface area contributed by atoms with Crippen molar-refractivity contribution in [3.05, 3.63) is 53.5 Å². The Bertz CT molecular complexity index is 883. The molecule has 8 nitrogen and oxygen atoms in total. The third-order valence-corrected chi connectivity index (χ3v) is 3.95. The highest BCUT2D eigenvalue weighted by Gasteiger charge is 2.15. The Kier molecular flexibility index (Phi) is 3.80. The lowest BCUT2D eigenvalue weighted by Crippen LogP contribution is -2.36. The molecule has 0 atom stereocenters. The molecule has 1 saturated heterocycles. The molecule has 0 unspecified atom stereocenters. The van der Waals surface area contributed by atoms with Crippen molar-refractivity contribution < 1.29 is 4.74 Å². The van der Waals surface area contributed by atoms with Crippen LogP contribution in [0, 0.1) is 0 Å². The molecule has 0 saturated carbocycles. The van der Waals surface area contributed by atoms with Gasteiger partial charge >= 0.3 is 0 Å². The number of anilines is 1. The molecular weight excluding hydrogens is 308 g/mol. The minimum Gasteiger partial charge on any atom is -0.378 e. The van der Waals surface area contributed by atoms with Gasteiger partial charge in [-0.25, -0.2) is 14.6 Å². The van der Waals surface area contributed by atoms with E-state index in [-0.39, 0.29) is 5.56 Å². The van der Waals surface area contributed by atoms with Crippen LogP contribution >= 0.6 is 0 Å². The van der Waals surface area contributed by atoms with Gasteiger partial charge in [0, 0.05) is 43.3 Å². The first-order valence-electron chi connectivity index (χ1n) is 7.69. The second-order valence-corrected chi connectivity index (χ2v) is 5.40. The van der Waals surface area contributed by atoms with E-state index in [1.165, 1.54) is 11.0 Å². The summed E-state index contributed by atoms with van der Waals surface area (Å²) in [5.41, 5.74) is 1.14. The number of aromatic nitrogens is 5. The molecule has 0 aliphatic carbocycles. The molecule has 0 aromatic carbocycles. The zero-order valence-corrected chi connectivity index (χ0v) is 12.9. The van der Waals surface area contributed by atoms with Crippen LogP contribution in [0.1, 0.15) is 0 Å². The topological polar surface area (TPSA) is 88.9 Å². The number of rotatable bonds is 3. The molecule has 0 bridgehead atoms. The number of aromatic amines is 1. The largest absolute Gasteiger partial charge is 0.378 e. The molecule has 0 spiro atoms. The monoisotopic (exact) mass is 324 g/mol. The lowest BCUT2D eigenvalue weighted by molar-refractivity contribution is 0.122. The minimum absolute atomic E-state index is 0.172. The lowest BCUT2D eigenvalue weighted by Gasteiger charge is -2.27. The van der Waals surface area contributed by atoms with Gasteiger partial charge in [-0.1, -0.05) is 6.07 Å². The van der Waals surface area contributed by atoms with Crippen molar-refractivity contribution in [1.82, 2.24) is 24.7 Å². The molecule has 8 heteroatoms. The second kappa shape index (κ2) is 6.25. The van der Waals surface area contributed by atoms with Gasteiger partial charge in [-0.2, -0.15) is 0 Å². The van der Waals surface area contributed by atoms with E-state index in [9.17, 15) is 4.79 Å². The Morgan fingerprint density at radius 1 is 1.17 bits per heavy atom. The number of hydrogen-bond acceptors (Lipinski definition) is 6. The lowest BCUT2D eigenvalue weighted by atomic mass is 10.2. The molecular formula is C16H16N6O2. The first-order valence-corrected chi connectivity index (χ1v) is 7.69. The van der Waals surface area contributed by atoms with Crippen molar-refractivity contribution in [3.63, 3.8) is 0 Å². The summed E-state index contributed by atoms with van der Waals surface area (Å²) in [4.78, 5) is 27.4. The van der Waals surface area contributed by atoms with E-state index in [1.54, 1.807) is 30.7 Å². The Morgan fingerprint density at radius 2 is 2.00 bits per heavy atom. The molecule has 0 radical (unpaired) electrons. The maximum absolute atomic E-state index is 12.7. The first-order chi connectivity index (χ1) is 11.8. The van der Waals surface area contributed by atoms with Crippen LogP contribution < -0.4 is 10.5 Å². The standard InChI is InChI=1S/C16H16N6O2/c23-16-13(12-2-1-3-17-9-12)10-20-22(16)15-8-14(18-11-19-15)21-4-6-24-7-5-21/h1-3,8-11,20H,4-7H2. The normalized spacial score (nSPS) is 14.8. The third-order valence-electron chi connectivity index (χ3n) is 3.95. The summed E-state index contributed by atoms with van der Waals surface area (Å²) in [7, 11) is 0. The average molecular weight is 324 g/mol. The molecule has 1 aliphatic heterocycles. The van der Waals surface area contributed by atoms with E-state index in [0.29, 0.717) is 24.6 Å². The van der Waals surface area contributed by atoms with E-state index < -0.39 is 0 Å². The van der Waals surface area contributed by atoms with Crippen molar-refractivity contribution in [2.75, 3.05) is 31.2 Å². The number of hydrogen-bond donors (Lipinski definition) is 1. The van der Waals surface area contributed by atoms with E-state index in [4.69, 9.17) is 4.74 Å². The molecule has 1 N–H and O–H groups in total. The van der Waals surface area contributed by atoms with Crippen molar-refractivity contribution in [2.24, 2.45) is 0 Å². The number of pyridine rings is 1. The quantitative estimate of drug-likeness (QED) is 0.768. The van der Waals surface area contributed by atoms with E-state index in [0.717, 1.165) is 24.5 Å². The molecule has 3 aromatic heterocycles. The van der Waals surface area contributed by atoms with Gasteiger partial charge in [0.15, 0.2) is 5.82 Å². The summed E-state index contributed by atoms with van der Waals surface area (Å²) < 4.78 is 6.77. The van der Waals surface area contributed by atoms with Crippen LogP contribution in [0.5, 0.6) is 0 Å². The fourth-order valence-electron chi connectivity index (χ4n) is 2.69. The number of H-pyrrole nitrogens is 1. The zero-order chi connectivity index (χ0) is 16.4. The average Bonchev–Trinajstić information content (AvgIpc) is 3.05. The number of nitrogens with zero attached hydrogens (tertiary/aromatic N) is 5. The minimum atomic E-state index is -0.172. The molecule has 1 aliphatic rings. The predicted molar refractivity (Wildman–Crippen MR) is 88.2 cm³/mol. The number of ether oxygens (including phenoxy) is 1. The summed E-state index contributed by atoms with van der Waals surface area (Å²) >= 11 is 0. The molecule has 4 heterocycles. The highest BCUT2D eigenvalue weighted by atomic mass is 16.5. The zero-order valence-electron chi connectivity index (χ0n) is 12.9. The summed E-state index contributed by atoms with van der Waals surface area (Å²) in [6, 6.07) is 5.45. The van der Waals surface area contributed by atoms with Gasteiger partial charge in [0.1, 0.15) is 12.1 Å². The van der Waals surface area contributed by atoms with E-state index >= 15 is 0 Å². The van der Waals surface area contributed by atoms with Gasteiger partial charge in [0.2, 0.25) is 0 Å². The van der Waals surface area contributed by atoms with Crippen molar-refractivity contribution >= 4 is 5.82 Å². The Morgan fingerprint density at radius 3 is 2.79 bits per heavy atom. The SMILES string of the molecule is O=c1c(-c2cccnc2)c[nH]n1-c1cc(N2CCOCC2)ncn1.